The summed E-state index contributed by atoms with van der Waals surface area (Å²) in [6.45, 7) is 3.64. The molecule has 0 spiro atoms. The van der Waals surface area contributed by atoms with Crippen LogP contribution in [-0.4, -0.2) is 55.3 Å². The van der Waals surface area contributed by atoms with Crippen molar-refractivity contribution in [2.24, 2.45) is 0 Å². The van der Waals surface area contributed by atoms with Crippen LogP contribution in [-0.2, 0) is 11.3 Å². The number of anilines is 2. The zero-order chi connectivity index (χ0) is 27.5. The number of nitrogens with zero attached hydrogens (tertiary/aromatic N) is 3. The molecule has 1 aliphatic rings. The average molecular weight is 538 g/mol. The second-order valence-electron chi connectivity index (χ2n) is 9.55. The molecular weight excluding hydrogens is 506 g/mol. The molecule has 0 radical (unpaired) electrons. The van der Waals surface area contributed by atoms with Crippen LogP contribution >= 0.6 is 0 Å². The van der Waals surface area contributed by atoms with Gasteiger partial charge in [-0.15, -0.1) is 0 Å². The number of morpholine rings is 1. The van der Waals surface area contributed by atoms with Crippen molar-refractivity contribution in [1.29, 1.82) is 0 Å². The van der Waals surface area contributed by atoms with Crippen LogP contribution in [0.2, 0.25) is 0 Å². The first-order valence-corrected chi connectivity index (χ1v) is 13.2. The second kappa shape index (κ2) is 11.2. The summed E-state index contributed by atoms with van der Waals surface area (Å²) >= 11 is 0. The third kappa shape index (κ3) is 4.99. The number of fused-ring (bicyclic) bond motifs is 1. The molecule has 2 aromatic heterocycles. The first-order valence-electron chi connectivity index (χ1n) is 13.2. The number of nitrogens with one attached hydrogen (secondary N) is 2. The van der Waals surface area contributed by atoms with Crippen LogP contribution in [0.1, 0.15) is 5.56 Å². The predicted octanol–water partition coefficient (Wildman–Crippen LogP) is 4.85. The van der Waals surface area contributed by atoms with Gasteiger partial charge in [0.05, 0.1) is 33.1 Å². The molecule has 40 heavy (non-hydrogen) atoms. The maximum absolute atomic E-state index is 13.2. The summed E-state index contributed by atoms with van der Waals surface area (Å²) in [6.07, 6.45) is 0. The molecule has 0 unspecified atom stereocenters. The van der Waals surface area contributed by atoms with Gasteiger partial charge in [0, 0.05) is 47.5 Å². The minimum atomic E-state index is -0.166. The van der Waals surface area contributed by atoms with E-state index in [4.69, 9.17) is 19.3 Å². The quantitative estimate of drug-likeness (QED) is 0.292. The zero-order valence-electron chi connectivity index (χ0n) is 22.5. The maximum Gasteiger partial charge on any atom is 0.254 e. The Labute approximate surface area is 231 Å². The van der Waals surface area contributed by atoms with E-state index in [2.05, 4.69) is 27.3 Å². The lowest BCUT2D eigenvalue weighted by molar-refractivity contribution is 0.122. The number of benzene rings is 3. The van der Waals surface area contributed by atoms with Gasteiger partial charge in [0.2, 0.25) is 0 Å². The Balaban J connectivity index is 1.35. The van der Waals surface area contributed by atoms with Gasteiger partial charge in [0.1, 0.15) is 11.3 Å². The van der Waals surface area contributed by atoms with Crippen molar-refractivity contribution < 1.29 is 14.2 Å². The van der Waals surface area contributed by atoms with Gasteiger partial charge in [-0.05, 0) is 60.7 Å². The van der Waals surface area contributed by atoms with Crippen molar-refractivity contribution in [2.75, 3.05) is 50.7 Å². The Bertz CT molecular complexity index is 1670. The van der Waals surface area contributed by atoms with Crippen LogP contribution in [0.25, 0.3) is 28.0 Å². The summed E-state index contributed by atoms with van der Waals surface area (Å²) in [4.78, 5) is 18.6. The molecule has 9 heteroatoms. The topological polar surface area (TPSA) is 93.6 Å². The number of aromatic amines is 1. The van der Waals surface area contributed by atoms with E-state index < -0.39 is 0 Å². The Morgan fingerprint density at radius 1 is 0.900 bits per heavy atom. The molecule has 9 nitrogen and oxygen atoms in total. The van der Waals surface area contributed by atoms with Crippen molar-refractivity contribution in [1.82, 2.24) is 14.8 Å². The zero-order valence-corrected chi connectivity index (χ0v) is 22.5. The second-order valence-corrected chi connectivity index (χ2v) is 9.55. The number of rotatable bonds is 8. The lowest BCUT2D eigenvalue weighted by Gasteiger charge is -2.28. The highest BCUT2D eigenvalue weighted by molar-refractivity contribution is 5.93. The SMILES string of the molecule is COc1ccc(-c2nn(-c3ccccc3)c3[nH]c(=O)c(CNc4ccc(N5CCOCC5)cc4)cc23)cc1OC. The number of H-pyrrole nitrogens is 1. The summed E-state index contributed by atoms with van der Waals surface area (Å²) in [5.74, 6) is 1.24. The van der Waals surface area contributed by atoms with Crippen LogP contribution in [0.5, 0.6) is 11.5 Å². The third-order valence-corrected chi connectivity index (χ3v) is 7.15. The Morgan fingerprint density at radius 2 is 1.65 bits per heavy atom. The molecule has 204 valence electrons. The van der Waals surface area contributed by atoms with Crippen LogP contribution in [0.4, 0.5) is 11.4 Å². The molecule has 0 amide bonds. The Morgan fingerprint density at radius 3 is 2.38 bits per heavy atom. The number of hydrogen-bond donors (Lipinski definition) is 2. The minimum absolute atomic E-state index is 0.166. The highest BCUT2D eigenvalue weighted by Gasteiger charge is 2.18. The molecule has 3 heterocycles. The smallest absolute Gasteiger partial charge is 0.254 e. The summed E-state index contributed by atoms with van der Waals surface area (Å²) in [5, 5.41) is 9.16. The van der Waals surface area contributed by atoms with Crippen molar-refractivity contribution in [3.63, 3.8) is 0 Å². The first kappa shape index (κ1) is 25.5. The van der Waals surface area contributed by atoms with E-state index in [0.29, 0.717) is 29.3 Å². The molecule has 0 aliphatic carbocycles. The molecule has 1 saturated heterocycles. The van der Waals surface area contributed by atoms with E-state index >= 15 is 0 Å². The van der Waals surface area contributed by atoms with E-state index in [1.165, 1.54) is 5.69 Å². The fourth-order valence-electron chi connectivity index (χ4n) is 5.01. The van der Waals surface area contributed by atoms with Crippen LogP contribution in [0, 0.1) is 0 Å². The Hall–Kier alpha value is -4.76. The number of hydrogen-bond acceptors (Lipinski definition) is 7. The van der Waals surface area contributed by atoms with Gasteiger partial charge in [0.25, 0.3) is 5.56 Å². The molecule has 0 bridgehead atoms. The molecule has 3 aromatic carbocycles. The monoisotopic (exact) mass is 537 g/mol. The van der Waals surface area contributed by atoms with Gasteiger partial charge < -0.3 is 29.4 Å². The normalized spacial score (nSPS) is 13.4. The third-order valence-electron chi connectivity index (χ3n) is 7.15. The van der Waals surface area contributed by atoms with Gasteiger partial charge in [-0.2, -0.15) is 5.10 Å². The number of ether oxygens (including phenoxy) is 3. The summed E-state index contributed by atoms with van der Waals surface area (Å²) in [6, 6.07) is 25.6. The summed E-state index contributed by atoms with van der Waals surface area (Å²) in [7, 11) is 3.22. The van der Waals surface area contributed by atoms with E-state index in [1.54, 1.807) is 18.9 Å². The molecule has 5 aromatic rings. The van der Waals surface area contributed by atoms with E-state index in [0.717, 1.165) is 54.3 Å². The highest BCUT2D eigenvalue weighted by Crippen LogP contribution is 2.35. The van der Waals surface area contributed by atoms with Crippen molar-refractivity contribution in [3.05, 3.63) is 94.8 Å². The van der Waals surface area contributed by atoms with Crippen LogP contribution < -0.4 is 25.2 Å². The highest BCUT2D eigenvalue weighted by atomic mass is 16.5. The van der Waals surface area contributed by atoms with Crippen molar-refractivity contribution in [2.45, 2.75) is 6.54 Å². The Kier molecular flexibility index (Phi) is 7.11. The van der Waals surface area contributed by atoms with Gasteiger partial charge in [-0.3, -0.25) is 4.79 Å². The minimum Gasteiger partial charge on any atom is -0.493 e. The molecular formula is C31H31N5O4. The lowest BCUT2D eigenvalue weighted by atomic mass is 10.1. The van der Waals surface area contributed by atoms with E-state index in [9.17, 15) is 4.79 Å². The maximum atomic E-state index is 13.2. The first-order chi connectivity index (χ1) is 19.6. The van der Waals surface area contributed by atoms with Gasteiger partial charge in [0.15, 0.2) is 11.5 Å². The number of pyridine rings is 1. The molecule has 2 N–H and O–H groups in total. The van der Waals surface area contributed by atoms with Gasteiger partial charge >= 0.3 is 0 Å². The van der Waals surface area contributed by atoms with Crippen molar-refractivity contribution >= 4 is 22.4 Å². The molecule has 0 saturated carbocycles. The van der Waals surface area contributed by atoms with E-state index in [1.807, 2.05) is 66.7 Å². The van der Waals surface area contributed by atoms with Gasteiger partial charge in [-0.1, -0.05) is 18.2 Å². The average Bonchev–Trinajstić information content (AvgIpc) is 3.38. The molecule has 6 rings (SSSR count). The van der Waals surface area contributed by atoms with Crippen LogP contribution in [0.3, 0.4) is 0 Å². The fraction of sp³-hybridized carbons (Fsp3) is 0.226. The molecule has 1 aliphatic heterocycles. The van der Waals surface area contributed by atoms with Crippen LogP contribution in [0.15, 0.2) is 83.7 Å². The summed E-state index contributed by atoms with van der Waals surface area (Å²) in [5.41, 5.74) is 5.60. The standard InChI is InChI=1S/C31H31N5O4/c1-38-27-13-8-21(19-28(27)39-2)29-26-18-22(31(37)33-30(26)36(34-29)25-6-4-3-5-7-25)20-32-23-9-11-24(12-10-23)35-14-16-40-17-15-35/h3-13,18-19,32H,14-17,20H2,1-2H3,(H,33,37). The number of para-hydroxylation sites is 1. The molecule has 1 fully saturated rings. The largest absolute Gasteiger partial charge is 0.493 e. The predicted molar refractivity (Wildman–Crippen MR) is 157 cm³/mol. The summed E-state index contributed by atoms with van der Waals surface area (Å²) < 4.78 is 18.2. The molecule has 0 atom stereocenters. The number of aromatic nitrogens is 3. The van der Waals surface area contributed by atoms with E-state index in [-0.39, 0.29) is 5.56 Å². The number of methoxy groups -OCH3 is 2. The van der Waals surface area contributed by atoms with Gasteiger partial charge in [-0.25, -0.2) is 4.68 Å². The van der Waals surface area contributed by atoms with Crippen molar-refractivity contribution in [3.8, 4) is 28.4 Å². The lowest BCUT2D eigenvalue weighted by Crippen LogP contribution is -2.36. The fourth-order valence-corrected chi connectivity index (χ4v) is 5.01.